The topological polar surface area (TPSA) is 86.7 Å². The summed E-state index contributed by atoms with van der Waals surface area (Å²) in [6.07, 6.45) is -3.09. The molecular weight excluding hydrogens is 479 g/mol. The van der Waals surface area contributed by atoms with Gasteiger partial charge in [0.15, 0.2) is 6.10 Å². The van der Waals surface area contributed by atoms with Gasteiger partial charge in [-0.2, -0.15) is 13.2 Å². The Bertz CT molecular complexity index is 902. The number of carboxylic acids is 1. The molecule has 2 aromatic heterocycles. The molecule has 3 aliphatic heterocycles. The van der Waals surface area contributed by atoms with Crippen LogP contribution in [-0.4, -0.2) is 59.5 Å². The van der Waals surface area contributed by atoms with Crippen LogP contribution in [0.5, 0.6) is 0 Å². The lowest BCUT2D eigenvalue weighted by atomic mass is 9.82. The third-order valence-corrected chi connectivity index (χ3v) is 8.55. The standard InChI is InChI=1S/C20H26NO3S2.C2HF3O2/c1-14(2)21-9-7-15(8-10-21)16(13-21)24-19(22)20(23,17-5-3-11-25-17)18-6-4-12-26-18;3-2(4,5)1(6)7/h3-6,11-12,14-16,23H,7-10,13H2,1-2H3;(H,6,7)/q+1;/p-1/t15?,16-,21?;/m0./s1. The van der Waals surface area contributed by atoms with Gasteiger partial charge in [-0.15, -0.1) is 22.7 Å². The molecular formula is C22H26F3NO5S2. The molecule has 0 unspecified atom stereocenters. The third-order valence-electron chi connectivity index (χ3n) is 6.60. The molecule has 182 valence electrons. The lowest BCUT2D eigenvalue weighted by molar-refractivity contribution is -0.964. The van der Waals surface area contributed by atoms with Crippen molar-refractivity contribution in [2.24, 2.45) is 5.92 Å². The Morgan fingerprint density at radius 3 is 1.97 bits per heavy atom. The van der Waals surface area contributed by atoms with Crippen molar-refractivity contribution in [3.63, 3.8) is 0 Å². The number of ether oxygens (including phenoxy) is 1. The Kier molecular flexibility index (Phi) is 7.57. The van der Waals surface area contributed by atoms with Crippen LogP contribution in [0.1, 0.15) is 36.4 Å². The number of esters is 1. The molecule has 5 heterocycles. The fourth-order valence-electron chi connectivity index (χ4n) is 4.54. The van der Waals surface area contributed by atoms with E-state index in [2.05, 4.69) is 13.8 Å². The second-order valence-corrected chi connectivity index (χ2v) is 10.6. The first-order valence-corrected chi connectivity index (χ1v) is 12.3. The molecule has 33 heavy (non-hydrogen) atoms. The second-order valence-electron chi connectivity index (χ2n) is 8.67. The summed E-state index contributed by atoms with van der Waals surface area (Å²) < 4.78 is 38.6. The molecule has 0 radical (unpaired) electrons. The summed E-state index contributed by atoms with van der Waals surface area (Å²) in [5.74, 6) is -3.11. The number of hydrogen-bond donors (Lipinski definition) is 1. The zero-order valence-corrected chi connectivity index (χ0v) is 19.8. The Morgan fingerprint density at radius 2 is 1.61 bits per heavy atom. The van der Waals surface area contributed by atoms with Crippen molar-refractivity contribution in [3.8, 4) is 0 Å². The second kappa shape index (κ2) is 9.73. The molecule has 0 aliphatic carbocycles. The summed E-state index contributed by atoms with van der Waals surface area (Å²) >= 11 is 2.78. The quantitative estimate of drug-likeness (QED) is 0.499. The van der Waals surface area contributed by atoms with Crippen LogP contribution in [0.25, 0.3) is 0 Å². The minimum atomic E-state index is -5.19. The number of hydrogen-bond acceptors (Lipinski definition) is 7. The van der Waals surface area contributed by atoms with E-state index in [-0.39, 0.29) is 6.10 Å². The van der Waals surface area contributed by atoms with E-state index in [0.29, 0.717) is 21.7 Å². The number of piperidine rings is 3. The average Bonchev–Trinajstić information content (AvgIpc) is 3.48. The van der Waals surface area contributed by atoms with Crippen molar-refractivity contribution in [1.29, 1.82) is 0 Å². The monoisotopic (exact) mass is 505 g/mol. The highest BCUT2D eigenvalue weighted by molar-refractivity contribution is 7.12. The summed E-state index contributed by atoms with van der Waals surface area (Å²) in [6, 6.07) is 7.87. The zero-order chi connectivity index (χ0) is 24.4. The molecule has 2 bridgehead atoms. The number of rotatable bonds is 5. The molecule has 0 saturated carbocycles. The van der Waals surface area contributed by atoms with E-state index in [9.17, 15) is 23.1 Å². The number of fused-ring (bicyclic) bond motifs is 3. The normalized spacial score (nSPS) is 24.8. The van der Waals surface area contributed by atoms with Crippen LogP contribution in [0.3, 0.4) is 0 Å². The van der Waals surface area contributed by atoms with E-state index in [1.165, 1.54) is 35.8 Å². The largest absolute Gasteiger partial charge is 0.542 e. The number of carboxylic acid groups (broad SMARTS) is 1. The fourth-order valence-corrected chi connectivity index (χ4v) is 6.25. The van der Waals surface area contributed by atoms with Crippen LogP contribution in [0.15, 0.2) is 35.0 Å². The maximum atomic E-state index is 13.2. The molecule has 6 nitrogen and oxygen atoms in total. The van der Waals surface area contributed by atoms with Crippen molar-refractivity contribution in [2.75, 3.05) is 19.6 Å². The smallest absolute Gasteiger partial charge is 0.430 e. The van der Waals surface area contributed by atoms with Gasteiger partial charge in [-0.1, -0.05) is 12.1 Å². The SMILES string of the molecule is CC(C)[N+]12CCC(CC1)[C@@H](OC(=O)C(O)(c1cccs1)c1cccs1)C2.O=C([O-])C(F)(F)F. The summed E-state index contributed by atoms with van der Waals surface area (Å²) in [6.45, 7) is 7.75. The lowest BCUT2D eigenvalue weighted by Gasteiger charge is -2.54. The van der Waals surface area contributed by atoms with Crippen LogP contribution in [0, 0.1) is 5.92 Å². The number of thiophene rings is 2. The Morgan fingerprint density at radius 1 is 1.12 bits per heavy atom. The minimum absolute atomic E-state index is 0.0983. The molecule has 0 aromatic carbocycles. The summed E-state index contributed by atoms with van der Waals surface area (Å²) in [7, 11) is 0. The molecule has 11 heteroatoms. The number of aliphatic carboxylic acids is 1. The van der Waals surface area contributed by atoms with Crippen molar-refractivity contribution in [1.82, 2.24) is 0 Å². The van der Waals surface area contributed by atoms with Crippen LogP contribution < -0.4 is 5.11 Å². The maximum Gasteiger partial charge on any atom is 0.430 e. The van der Waals surface area contributed by atoms with Crippen molar-refractivity contribution >= 4 is 34.6 Å². The number of halogens is 3. The molecule has 0 spiro atoms. The number of nitrogens with zero attached hydrogens (tertiary/aromatic N) is 1. The molecule has 3 fully saturated rings. The summed E-state index contributed by atoms with van der Waals surface area (Å²) in [5, 5.41) is 24.0. The molecule has 5 rings (SSSR count). The average molecular weight is 506 g/mol. The lowest BCUT2D eigenvalue weighted by Crippen LogP contribution is -2.67. The van der Waals surface area contributed by atoms with Crippen LogP contribution in [0.2, 0.25) is 0 Å². The number of aliphatic hydroxyl groups is 1. The van der Waals surface area contributed by atoms with E-state index in [1.807, 2.05) is 35.0 Å². The third kappa shape index (κ3) is 5.26. The first-order chi connectivity index (χ1) is 15.4. The van der Waals surface area contributed by atoms with Gasteiger partial charge in [0.25, 0.3) is 0 Å². The number of quaternary nitrogens is 1. The van der Waals surface area contributed by atoms with E-state index in [4.69, 9.17) is 14.6 Å². The van der Waals surface area contributed by atoms with Gasteiger partial charge in [0, 0.05) is 18.8 Å². The molecule has 2 aromatic rings. The Balaban J connectivity index is 0.000000383. The van der Waals surface area contributed by atoms with Crippen molar-refractivity contribution < 1.29 is 42.2 Å². The molecule has 3 aliphatic rings. The van der Waals surface area contributed by atoms with Gasteiger partial charge in [0.2, 0.25) is 5.60 Å². The molecule has 0 amide bonds. The molecule has 1 N–H and O–H groups in total. The van der Waals surface area contributed by atoms with Crippen LogP contribution in [-0.2, 0) is 19.9 Å². The first-order valence-electron chi connectivity index (χ1n) is 10.6. The van der Waals surface area contributed by atoms with Gasteiger partial charge in [-0.05, 0) is 36.7 Å². The van der Waals surface area contributed by atoms with Gasteiger partial charge in [-0.3, -0.25) is 0 Å². The predicted octanol–water partition coefficient (Wildman–Crippen LogP) is 2.90. The first kappa shape index (κ1) is 25.7. The van der Waals surface area contributed by atoms with Gasteiger partial charge in [0.1, 0.15) is 12.5 Å². The predicted molar refractivity (Wildman–Crippen MR) is 115 cm³/mol. The van der Waals surface area contributed by atoms with Gasteiger partial charge in [0.05, 0.1) is 28.9 Å². The zero-order valence-electron chi connectivity index (χ0n) is 18.2. The summed E-state index contributed by atoms with van der Waals surface area (Å²) in [5.41, 5.74) is -1.70. The van der Waals surface area contributed by atoms with Gasteiger partial charge < -0.3 is 24.2 Å². The van der Waals surface area contributed by atoms with Crippen LogP contribution in [0.4, 0.5) is 13.2 Å². The van der Waals surface area contributed by atoms with E-state index in [1.54, 1.807) is 0 Å². The van der Waals surface area contributed by atoms with Crippen LogP contribution >= 0.6 is 22.7 Å². The van der Waals surface area contributed by atoms with E-state index in [0.717, 1.165) is 23.9 Å². The number of carbonyl (C=O) groups excluding carboxylic acids is 2. The highest BCUT2D eigenvalue weighted by atomic mass is 32.1. The van der Waals surface area contributed by atoms with E-state index >= 15 is 0 Å². The van der Waals surface area contributed by atoms with Crippen molar-refractivity contribution in [3.05, 3.63) is 44.8 Å². The number of alkyl halides is 3. The molecule has 3 saturated heterocycles. The Labute approximate surface area is 197 Å². The minimum Gasteiger partial charge on any atom is -0.542 e. The maximum absolute atomic E-state index is 13.2. The fraction of sp³-hybridized carbons (Fsp3) is 0.545. The highest BCUT2D eigenvalue weighted by Gasteiger charge is 2.52. The van der Waals surface area contributed by atoms with Gasteiger partial charge >= 0.3 is 12.1 Å². The van der Waals surface area contributed by atoms with E-state index < -0.39 is 23.7 Å². The summed E-state index contributed by atoms with van der Waals surface area (Å²) in [4.78, 5) is 23.2. The molecule has 1 atom stereocenters. The number of carbonyl (C=O) groups is 2. The highest BCUT2D eigenvalue weighted by Crippen LogP contribution is 2.41. The van der Waals surface area contributed by atoms with Gasteiger partial charge in [-0.25, -0.2) is 4.79 Å². The van der Waals surface area contributed by atoms with Crippen molar-refractivity contribution in [2.45, 2.75) is 50.6 Å². The Hall–Kier alpha value is -1.95.